The molecule has 0 fully saturated rings. The van der Waals surface area contributed by atoms with Crippen molar-refractivity contribution in [3.8, 4) is 22.1 Å². The lowest BCUT2D eigenvalue weighted by Crippen LogP contribution is -2.22. The van der Waals surface area contributed by atoms with Crippen molar-refractivity contribution < 1.29 is 23.0 Å². The van der Waals surface area contributed by atoms with Crippen LogP contribution in [0.4, 0.5) is 8.78 Å². The third kappa shape index (κ3) is 4.45. The van der Waals surface area contributed by atoms with Gasteiger partial charge in [0.05, 0.1) is 7.11 Å². The molecule has 5 nitrogen and oxygen atoms in total. The Morgan fingerprint density at radius 1 is 1.14 bits per heavy atom. The summed E-state index contributed by atoms with van der Waals surface area (Å²) >= 11 is 1.35. The maximum atomic E-state index is 13.3. The molecule has 0 saturated carbocycles. The van der Waals surface area contributed by atoms with Gasteiger partial charge in [-0.05, 0) is 42.8 Å². The van der Waals surface area contributed by atoms with E-state index in [9.17, 15) is 13.6 Å². The molecule has 0 aliphatic rings. The molecule has 0 atom stereocenters. The van der Waals surface area contributed by atoms with Gasteiger partial charge in [-0.2, -0.15) is 0 Å². The number of aromatic nitrogens is 1. The lowest BCUT2D eigenvalue weighted by molar-refractivity contribution is 0.0951. The maximum absolute atomic E-state index is 13.3. The van der Waals surface area contributed by atoms with Gasteiger partial charge in [-0.3, -0.25) is 4.79 Å². The molecule has 8 heteroatoms. The molecule has 0 spiro atoms. The molecular weight excluding hydrogens is 386 g/mol. The molecule has 0 unspecified atom stereocenters. The minimum atomic E-state index is -0.921. The molecular formula is C20H18F2N2O3S. The van der Waals surface area contributed by atoms with Crippen LogP contribution < -0.4 is 14.8 Å². The van der Waals surface area contributed by atoms with Gasteiger partial charge in [0, 0.05) is 17.5 Å². The van der Waals surface area contributed by atoms with Crippen molar-refractivity contribution in [2.75, 3.05) is 13.7 Å². The van der Waals surface area contributed by atoms with Gasteiger partial charge in [0.25, 0.3) is 5.91 Å². The van der Waals surface area contributed by atoms with E-state index in [0.29, 0.717) is 34.3 Å². The van der Waals surface area contributed by atoms with E-state index in [0.717, 1.165) is 17.7 Å². The Hall–Kier alpha value is -3.00. The zero-order chi connectivity index (χ0) is 20.1. The van der Waals surface area contributed by atoms with Crippen LogP contribution in [-0.2, 0) is 6.61 Å². The van der Waals surface area contributed by atoms with Crippen molar-refractivity contribution in [3.63, 3.8) is 0 Å². The minimum Gasteiger partial charge on any atom is -0.493 e. The molecule has 146 valence electrons. The van der Waals surface area contributed by atoms with Crippen LogP contribution in [0, 0.1) is 11.6 Å². The highest BCUT2D eigenvalue weighted by atomic mass is 32.1. The number of nitrogens with zero attached hydrogens (tertiary/aromatic N) is 1. The predicted octanol–water partition coefficient (Wildman–Crippen LogP) is 4.43. The Balaban J connectivity index is 1.76. The number of ether oxygens (including phenoxy) is 2. The second-order valence-corrected chi connectivity index (χ2v) is 6.66. The van der Waals surface area contributed by atoms with Crippen molar-refractivity contribution in [2.45, 2.75) is 13.5 Å². The Morgan fingerprint density at radius 2 is 1.96 bits per heavy atom. The quantitative estimate of drug-likeness (QED) is 0.633. The smallest absolute Gasteiger partial charge is 0.270 e. The summed E-state index contributed by atoms with van der Waals surface area (Å²) in [6, 6.07) is 8.86. The fourth-order valence-corrected chi connectivity index (χ4v) is 3.27. The fourth-order valence-electron chi connectivity index (χ4n) is 2.47. The lowest BCUT2D eigenvalue weighted by atomic mass is 10.2. The van der Waals surface area contributed by atoms with Gasteiger partial charge in [-0.25, -0.2) is 13.8 Å². The topological polar surface area (TPSA) is 60.5 Å². The summed E-state index contributed by atoms with van der Waals surface area (Å²) in [5, 5.41) is 5.08. The van der Waals surface area contributed by atoms with E-state index in [1.807, 2.05) is 6.92 Å². The summed E-state index contributed by atoms with van der Waals surface area (Å²) < 4.78 is 37.4. The number of nitrogens with one attached hydrogen (secondary N) is 1. The van der Waals surface area contributed by atoms with Gasteiger partial charge < -0.3 is 14.8 Å². The van der Waals surface area contributed by atoms with Crippen LogP contribution in [-0.4, -0.2) is 24.5 Å². The zero-order valence-corrected chi connectivity index (χ0v) is 16.1. The third-order valence-electron chi connectivity index (χ3n) is 3.86. The summed E-state index contributed by atoms with van der Waals surface area (Å²) in [6.45, 7) is 2.43. The first-order chi connectivity index (χ1) is 13.5. The van der Waals surface area contributed by atoms with E-state index < -0.39 is 11.6 Å². The lowest BCUT2D eigenvalue weighted by Gasteiger charge is -2.12. The van der Waals surface area contributed by atoms with Crippen LogP contribution in [0.2, 0.25) is 0 Å². The zero-order valence-electron chi connectivity index (χ0n) is 15.3. The van der Waals surface area contributed by atoms with Crippen LogP contribution in [0.25, 0.3) is 10.6 Å². The highest BCUT2D eigenvalue weighted by Crippen LogP contribution is 2.34. The molecule has 0 saturated heterocycles. The summed E-state index contributed by atoms with van der Waals surface area (Å²) in [7, 11) is 1.51. The summed E-state index contributed by atoms with van der Waals surface area (Å²) in [5.74, 6) is -1.12. The van der Waals surface area contributed by atoms with Gasteiger partial charge >= 0.3 is 0 Å². The molecule has 0 radical (unpaired) electrons. The van der Waals surface area contributed by atoms with Crippen molar-refractivity contribution in [1.82, 2.24) is 10.3 Å². The first-order valence-corrected chi connectivity index (χ1v) is 9.38. The molecule has 3 aromatic rings. The summed E-state index contributed by atoms with van der Waals surface area (Å²) in [6.07, 6.45) is 0. The van der Waals surface area contributed by atoms with E-state index in [4.69, 9.17) is 9.47 Å². The summed E-state index contributed by atoms with van der Waals surface area (Å²) in [5.41, 5.74) is 1.63. The molecule has 1 heterocycles. The number of benzene rings is 2. The van der Waals surface area contributed by atoms with E-state index in [1.165, 1.54) is 24.5 Å². The van der Waals surface area contributed by atoms with Crippen molar-refractivity contribution in [1.29, 1.82) is 0 Å². The van der Waals surface area contributed by atoms with Crippen molar-refractivity contribution in [3.05, 3.63) is 64.7 Å². The third-order valence-corrected chi connectivity index (χ3v) is 4.75. The number of thiazole rings is 1. The number of carbonyl (C=O) groups excluding carboxylic acids is 1. The van der Waals surface area contributed by atoms with Crippen LogP contribution in [0.15, 0.2) is 41.8 Å². The normalized spacial score (nSPS) is 10.6. The molecule has 1 N–H and O–H groups in total. The van der Waals surface area contributed by atoms with Gasteiger partial charge in [-0.1, -0.05) is 6.07 Å². The van der Waals surface area contributed by atoms with Gasteiger partial charge in [-0.15, -0.1) is 11.3 Å². The number of methoxy groups -OCH3 is 1. The number of carbonyl (C=O) groups is 1. The number of rotatable bonds is 7. The number of halogens is 2. The van der Waals surface area contributed by atoms with Gasteiger partial charge in [0.15, 0.2) is 23.1 Å². The Bertz CT molecular complexity index is 991. The summed E-state index contributed by atoms with van der Waals surface area (Å²) in [4.78, 5) is 16.2. The van der Waals surface area contributed by atoms with Crippen molar-refractivity contribution >= 4 is 17.2 Å². The molecule has 3 rings (SSSR count). The highest BCUT2D eigenvalue weighted by molar-refractivity contribution is 7.13. The van der Waals surface area contributed by atoms with Gasteiger partial charge in [0.1, 0.15) is 17.3 Å². The van der Waals surface area contributed by atoms with Crippen LogP contribution >= 0.6 is 11.3 Å². The first-order valence-electron chi connectivity index (χ1n) is 8.50. The number of hydrogen-bond donors (Lipinski definition) is 1. The average Bonchev–Trinajstić information content (AvgIpc) is 3.19. The Labute approximate surface area is 164 Å². The number of amides is 1. The molecule has 2 aromatic carbocycles. The van der Waals surface area contributed by atoms with Crippen molar-refractivity contribution in [2.24, 2.45) is 0 Å². The highest BCUT2D eigenvalue weighted by Gasteiger charge is 2.14. The fraction of sp³-hybridized carbons (Fsp3) is 0.200. The predicted molar refractivity (Wildman–Crippen MR) is 103 cm³/mol. The van der Waals surface area contributed by atoms with Crippen LogP contribution in [0.1, 0.15) is 23.0 Å². The van der Waals surface area contributed by atoms with Crippen LogP contribution in [0.5, 0.6) is 11.5 Å². The average molecular weight is 404 g/mol. The molecule has 0 aliphatic heterocycles. The first kappa shape index (κ1) is 19.8. The van der Waals surface area contributed by atoms with E-state index in [-0.39, 0.29) is 12.5 Å². The Kier molecular flexibility index (Phi) is 6.20. The minimum absolute atomic E-state index is 0.0610. The molecule has 1 aromatic heterocycles. The monoisotopic (exact) mass is 404 g/mol. The molecule has 0 bridgehead atoms. The molecule has 1 amide bonds. The van der Waals surface area contributed by atoms with Crippen LogP contribution in [0.3, 0.4) is 0 Å². The maximum Gasteiger partial charge on any atom is 0.270 e. The number of hydrogen-bond acceptors (Lipinski definition) is 5. The SMILES string of the molecule is CCNC(=O)c1csc(-c2ccc(OCc3ccc(F)c(F)c3)c(OC)c2)n1. The van der Waals surface area contributed by atoms with E-state index >= 15 is 0 Å². The largest absolute Gasteiger partial charge is 0.493 e. The van der Waals surface area contributed by atoms with Gasteiger partial charge in [0.2, 0.25) is 0 Å². The second kappa shape index (κ2) is 8.79. The second-order valence-electron chi connectivity index (χ2n) is 5.80. The van der Waals surface area contributed by atoms with E-state index in [2.05, 4.69) is 10.3 Å². The van der Waals surface area contributed by atoms with E-state index in [1.54, 1.807) is 23.6 Å². The Morgan fingerprint density at radius 3 is 2.68 bits per heavy atom. The molecule has 0 aliphatic carbocycles. The standard InChI is InChI=1S/C20H18F2N2O3S/c1-3-23-19(25)16-11-28-20(24-16)13-5-7-17(18(9-13)26-2)27-10-12-4-6-14(21)15(22)8-12/h4-9,11H,3,10H2,1-2H3,(H,23,25). The molecule has 28 heavy (non-hydrogen) atoms.